The Morgan fingerprint density at radius 2 is 2.13 bits per heavy atom. The average molecular weight is 307 g/mol. The van der Waals surface area contributed by atoms with Crippen molar-refractivity contribution in [1.82, 2.24) is 0 Å². The quantitative estimate of drug-likeness (QED) is 0.577. The van der Waals surface area contributed by atoms with Crippen molar-refractivity contribution in [3.05, 3.63) is 71.1 Å². The van der Waals surface area contributed by atoms with Crippen molar-refractivity contribution < 1.29 is 4.39 Å². The monoisotopic (exact) mass is 307 g/mol. The van der Waals surface area contributed by atoms with Gasteiger partial charge in [0.1, 0.15) is 5.82 Å². The van der Waals surface area contributed by atoms with Crippen molar-refractivity contribution in [2.24, 2.45) is 0 Å². The molecule has 1 heterocycles. The van der Waals surface area contributed by atoms with Crippen LogP contribution in [0.5, 0.6) is 0 Å². The molecular formula is C19H18FN3. The summed E-state index contributed by atoms with van der Waals surface area (Å²) < 4.78 is 13.7. The van der Waals surface area contributed by atoms with E-state index in [-0.39, 0.29) is 5.82 Å². The Labute approximate surface area is 134 Å². The zero-order valence-corrected chi connectivity index (χ0v) is 12.9. The molecule has 116 valence electrons. The van der Waals surface area contributed by atoms with Crippen molar-refractivity contribution in [3.63, 3.8) is 0 Å². The van der Waals surface area contributed by atoms with Gasteiger partial charge in [-0.15, -0.1) is 0 Å². The van der Waals surface area contributed by atoms with Crippen LogP contribution in [-0.2, 0) is 6.54 Å². The number of halogens is 1. The molecule has 2 aromatic carbocycles. The molecule has 0 spiro atoms. The lowest BCUT2D eigenvalue weighted by atomic mass is 9.94. The van der Waals surface area contributed by atoms with Crippen LogP contribution in [0.1, 0.15) is 29.2 Å². The molecule has 0 aromatic heterocycles. The Morgan fingerprint density at radius 1 is 1.35 bits per heavy atom. The molecule has 1 aliphatic rings. The second-order valence-electron chi connectivity index (χ2n) is 5.68. The van der Waals surface area contributed by atoms with Crippen LogP contribution in [0.15, 0.2) is 43.0 Å². The van der Waals surface area contributed by atoms with E-state index in [0.29, 0.717) is 22.5 Å². The topological polar surface area (TPSA) is 61.9 Å². The molecule has 0 aliphatic carbocycles. The number of fused-ring (bicyclic) bond motifs is 1. The summed E-state index contributed by atoms with van der Waals surface area (Å²) in [4.78, 5) is 0. The summed E-state index contributed by atoms with van der Waals surface area (Å²) in [7, 11) is 0. The molecule has 0 unspecified atom stereocenters. The zero-order chi connectivity index (χ0) is 16.6. The summed E-state index contributed by atoms with van der Waals surface area (Å²) in [6.45, 7) is 6.27. The third-order valence-electron chi connectivity index (χ3n) is 3.96. The molecule has 0 radical (unpaired) electrons. The third kappa shape index (κ3) is 2.75. The Hall–Kier alpha value is -2.88. The van der Waals surface area contributed by atoms with Crippen LogP contribution in [0.2, 0.25) is 0 Å². The van der Waals surface area contributed by atoms with Gasteiger partial charge in [0, 0.05) is 34.6 Å². The van der Waals surface area contributed by atoms with Crippen LogP contribution in [0, 0.1) is 11.2 Å². The highest BCUT2D eigenvalue weighted by Crippen LogP contribution is 2.33. The van der Waals surface area contributed by atoms with Crippen LogP contribution in [0.25, 0.3) is 11.6 Å². The van der Waals surface area contributed by atoms with E-state index < -0.39 is 0 Å². The number of nitrogens with one attached hydrogen (secondary N) is 2. The van der Waals surface area contributed by atoms with Crippen molar-refractivity contribution in [2.75, 3.05) is 11.1 Å². The van der Waals surface area contributed by atoms with Crippen molar-refractivity contribution >= 4 is 28.7 Å². The maximum atomic E-state index is 13.7. The third-order valence-corrected chi connectivity index (χ3v) is 3.96. The molecular weight excluding hydrogens is 289 g/mol. The predicted molar refractivity (Wildman–Crippen MR) is 95.2 cm³/mol. The van der Waals surface area contributed by atoms with Crippen LogP contribution in [-0.4, -0.2) is 5.71 Å². The van der Waals surface area contributed by atoms with Crippen molar-refractivity contribution in [3.8, 4) is 0 Å². The largest absolute Gasteiger partial charge is 0.398 e. The lowest BCUT2D eigenvalue weighted by molar-refractivity contribution is 0.624. The molecule has 0 amide bonds. The molecule has 0 fully saturated rings. The van der Waals surface area contributed by atoms with E-state index in [1.807, 2.05) is 6.07 Å². The summed E-state index contributed by atoms with van der Waals surface area (Å²) in [6.07, 6.45) is 3.48. The second-order valence-corrected chi connectivity index (χ2v) is 5.68. The van der Waals surface area contributed by atoms with E-state index in [1.165, 1.54) is 6.07 Å². The number of allylic oxidation sites excluding steroid dienone is 2. The summed E-state index contributed by atoms with van der Waals surface area (Å²) in [5, 5.41) is 11.5. The van der Waals surface area contributed by atoms with E-state index in [2.05, 4.69) is 11.9 Å². The van der Waals surface area contributed by atoms with E-state index in [4.69, 9.17) is 11.1 Å². The van der Waals surface area contributed by atoms with Gasteiger partial charge in [0.05, 0.1) is 5.71 Å². The molecule has 2 aromatic rings. The number of nitrogen functional groups attached to an aromatic ring is 1. The first-order valence-corrected chi connectivity index (χ1v) is 7.35. The maximum Gasteiger partial charge on any atom is 0.130 e. The maximum absolute atomic E-state index is 13.7. The van der Waals surface area contributed by atoms with Crippen LogP contribution in [0.4, 0.5) is 15.8 Å². The molecule has 0 saturated carbocycles. The SMILES string of the molecule is C=C(C)c1cc(/C=C/C(=N)c2c(N)ccc3c2CN3)ccc1F. The Balaban J connectivity index is 1.89. The van der Waals surface area contributed by atoms with E-state index >= 15 is 0 Å². The fourth-order valence-electron chi connectivity index (χ4n) is 2.65. The first kappa shape index (κ1) is 15.0. The van der Waals surface area contributed by atoms with Crippen molar-refractivity contribution in [1.29, 1.82) is 5.41 Å². The van der Waals surface area contributed by atoms with Crippen LogP contribution in [0.3, 0.4) is 0 Å². The molecule has 0 atom stereocenters. The molecule has 4 N–H and O–H groups in total. The lowest BCUT2D eigenvalue weighted by Crippen LogP contribution is -2.19. The molecule has 0 saturated heterocycles. The first-order valence-electron chi connectivity index (χ1n) is 7.35. The van der Waals surface area contributed by atoms with Gasteiger partial charge in [-0.25, -0.2) is 4.39 Å². The number of anilines is 2. The number of hydrogen-bond donors (Lipinski definition) is 3. The summed E-state index contributed by atoms with van der Waals surface area (Å²) >= 11 is 0. The van der Waals surface area contributed by atoms with E-state index in [0.717, 1.165) is 28.9 Å². The minimum Gasteiger partial charge on any atom is -0.398 e. The normalized spacial score (nSPS) is 12.4. The number of rotatable bonds is 4. The van der Waals surface area contributed by atoms with Gasteiger partial charge in [-0.3, -0.25) is 0 Å². The molecule has 23 heavy (non-hydrogen) atoms. The summed E-state index contributed by atoms with van der Waals surface area (Å²) in [5.74, 6) is -0.288. The fraction of sp³-hybridized carbons (Fsp3) is 0.105. The Kier molecular flexibility index (Phi) is 3.74. The first-order chi connectivity index (χ1) is 11.0. The molecule has 0 bridgehead atoms. The summed E-state index contributed by atoms with van der Waals surface area (Å²) in [5.41, 5.74) is 11.8. The lowest BCUT2D eigenvalue weighted by Gasteiger charge is -2.25. The molecule has 4 heteroatoms. The standard InChI is InChI=1S/C19H18FN3/c1-11(2)13-9-12(3-5-15(13)20)4-6-16(21)19-14-10-23-18(14)8-7-17(19)22/h3-9,21,23H,1,10,22H2,2H3/b6-4+,21-16?. The van der Waals surface area contributed by atoms with E-state index in [1.54, 1.807) is 37.3 Å². The highest BCUT2D eigenvalue weighted by atomic mass is 19.1. The molecule has 1 aliphatic heterocycles. The second kappa shape index (κ2) is 5.72. The van der Waals surface area contributed by atoms with Gasteiger partial charge in [-0.05, 0) is 48.4 Å². The van der Waals surface area contributed by atoms with Gasteiger partial charge < -0.3 is 16.5 Å². The molecule has 3 nitrogen and oxygen atoms in total. The van der Waals surface area contributed by atoms with Crippen molar-refractivity contribution in [2.45, 2.75) is 13.5 Å². The van der Waals surface area contributed by atoms with Gasteiger partial charge in [0.25, 0.3) is 0 Å². The van der Waals surface area contributed by atoms with Gasteiger partial charge in [0.2, 0.25) is 0 Å². The Bertz CT molecular complexity index is 850. The minimum absolute atomic E-state index is 0.288. The van der Waals surface area contributed by atoms with Crippen LogP contribution >= 0.6 is 0 Å². The average Bonchev–Trinajstić information content (AvgIpc) is 2.48. The molecule has 3 rings (SSSR count). The highest BCUT2D eigenvalue weighted by molar-refractivity contribution is 6.14. The zero-order valence-electron chi connectivity index (χ0n) is 12.9. The van der Waals surface area contributed by atoms with Gasteiger partial charge >= 0.3 is 0 Å². The van der Waals surface area contributed by atoms with Gasteiger partial charge in [-0.1, -0.05) is 18.7 Å². The Morgan fingerprint density at radius 3 is 2.78 bits per heavy atom. The van der Waals surface area contributed by atoms with E-state index in [9.17, 15) is 4.39 Å². The predicted octanol–water partition coefficient (Wildman–Crippen LogP) is 4.45. The number of benzene rings is 2. The number of nitrogens with two attached hydrogens (primary N) is 1. The highest BCUT2D eigenvalue weighted by Gasteiger charge is 2.20. The summed E-state index contributed by atoms with van der Waals surface area (Å²) in [6, 6.07) is 8.56. The number of hydrogen-bond acceptors (Lipinski definition) is 3. The van der Waals surface area contributed by atoms with Gasteiger partial charge in [-0.2, -0.15) is 0 Å². The van der Waals surface area contributed by atoms with Gasteiger partial charge in [0.15, 0.2) is 0 Å². The fourth-order valence-corrected chi connectivity index (χ4v) is 2.65. The minimum atomic E-state index is -0.288. The van der Waals surface area contributed by atoms with Crippen LogP contribution < -0.4 is 11.1 Å². The smallest absolute Gasteiger partial charge is 0.130 e.